The molecule has 4 heteroatoms. The van der Waals surface area contributed by atoms with E-state index in [1.54, 1.807) is 4.90 Å². The van der Waals surface area contributed by atoms with Crippen molar-refractivity contribution < 1.29 is 9.18 Å². The van der Waals surface area contributed by atoms with E-state index in [2.05, 4.69) is 18.2 Å². The molecule has 112 valence electrons. The molecule has 2 aromatic carbocycles. The average Bonchev–Trinajstić information content (AvgIpc) is 2.55. The van der Waals surface area contributed by atoms with Crippen LogP contribution < -0.4 is 0 Å². The molecule has 1 heterocycles. The Morgan fingerprint density at radius 3 is 2.55 bits per heavy atom. The molecule has 0 saturated heterocycles. The second kappa shape index (κ2) is 6.32. The molecule has 1 aliphatic heterocycles. The average molecular weight is 316 g/mol. The molecule has 0 aliphatic carbocycles. The summed E-state index contributed by atoms with van der Waals surface area (Å²) in [6, 6.07) is 14.0. The topological polar surface area (TPSA) is 20.3 Å². The first-order chi connectivity index (χ1) is 10.6. The Kier molecular flexibility index (Phi) is 4.25. The van der Waals surface area contributed by atoms with E-state index in [9.17, 15) is 9.18 Å². The van der Waals surface area contributed by atoms with Gasteiger partial charge in [-0.05, 0) is 35.8 Å². The third kappa shape index (κ3) is 3.04. The van der Waals surface area contributed by atoms with E-state index >= 15 is 0 Å². The molecular weight excluding hydrogens is 301 g/mol. The molecule has 3 rings (SSSR count). The predicted molar refractivity (Wildman–Crippen MR) is 86.3 cm³/mol. The van der Waals surface area contributed by atoms with Crippen molar-refractivity contribution in [2.45, 2.75) is 6.42 Å². The summed E-state index contributed by atoms with van der Waals surface area (Å²) in [5.41, 5.74) is 2.78. The Hall–Kier alpha value is -2.13. The molecule has 0 radical (unpaired) electrons. The monoisotopic (exact) mass is 315 g/mol. The van der Waals surface area contributed by atoms with E-state index in [0.717, 1.165) is 6.42 Å². The number of carbonyl (C=O) groups is 1. The first kappa shape index (κ1) is 14.8. The highest BCUT2D eigenvalue weighted by Gasteiger charge is 2.21. The lowest BCUT2D eigenvalue weighted by molar-refractivity contribution is 0.0773. The van der Waals surface area contributed by atoms with Gasteiger partial charge in [-0.2, -0.15) is 0 Å². The zero-order valence-corrected chi connectivity index (χ0v) is 12.7. The first-order valence-corrected chi connectivity index (χ1v) is 7.52. The zero-order valence-electron chi connectivity index (χ0n) is 11.9. The summed E-state index contributed by atoms with van der Waals surface area (Å²) in [5, 5.41) is 0.155. The third-order valence-corrected chi connectivity index (χ3v) is 4.12. The normalized spacial score (nSPS) is 14.6. The Bertz CT molecular complexity index is 727. The van der Waals surface area contributed by atoms with Crippen molar-refractivity contribution in [3.63, 3.8) is 0 Å². The van der Waals surface area contributed by atoms with Crippen LogP contribution in [0.1, 0.15) is 22.3 Å². The van der Waals surface area contributed by atoms with Crippen molar-refractivity contribution >= 4 is 23.1 Å². The number of hydrogen-bond donors (Lipinski definition) is 0. The van der Waals surface area contributed by atoms with Crippen molar-refractivity contribution in [1.82, 2.24) is 4.90 Å². The summed E-state index contributed by atoms with van der Waals surface area (Å²) in [6.07, 6.45) is 2.86. The van der Waals surface area contributed by atoms with Gasteiger partial charge >= 0.3 is 0 Å². The third-order valence-electron chi connectivity index (χ3n) is 3.80. The SMILES string of the molecule is O=C(c1ccc(F)cc1Cl)N1CC=C(c2ccccc2)CC1. The van der Waals surface area contributed by atoms with Gasteiger partial charge in [0.15, 0.2) is 0 Å². The van der Waals surface area contributed by atoms with Crippen LogP contribution in [0.15, 0.2) is 54.6 Å². The summed E-state index contributed by atoms with van der Waals surface area (Å²) in [6.45, 7) is 1.17. The molecule has 0 aromatic heterocycles. The maximum absolute atomic E-state index is 13.1. The number of rotatable bonds is 2. The molecule has 2 nitrogen and oxygen atoms in total. The van der Waals surface area contributed by atoms with Crippen LogP contribution in [0.3, 0.4) is 0 Å². The fraction of sp³-hybridized carbons (Fsp3) is 0.167. The molecule has 0 atom stereocenters. The second-order valence-corrected chi connectivity index (χ2v) is 5.63. The van der Waals surface area contributed by atoms with E-state index in [-0.39, 0.29) is 10.9 Å². The minimum atomic E-state index is -0.438. The van der Waals surface area contributed by atoms with Gasteiger partial charge in [0, 0.05) is 13.1 Å². The predicted octanol–water partition coefficient (Wildman–Crippen LogP) is 4.41. The smallest absolute Gasteiger partial charge is 0.255 e. The number of amides is 1. The Balaban J connectivity index is 1.76. The van der Waals surface area contributed by atoms with Crippen LogP contribution >= 0.6 is 11.6 Å². The molecule has 1 amide bonds. The number of hydrogen-bond acceptors (Lipinski definition) is 1. The standard InChI is InChI=1S/C18H15ClFNO/c19-17-12-15(20)6-7-16(17)18(22)21-10-8-14(9-11-21)13-4-2-1-3-5-13/h1-8,12H,9-11H2. The van der Waals surface area contributed by atoms with Gasteiger partial charge in [0.25, 0.3) is 5.91 Å². The van der Waals surface area contributed by atoms with Gasteiger partial charge in [-0.1, -0.05) is 48.0 Å². The Morgan fingerprint density at radius 2 is 1.91 bits per heavy atom. The van der Waals surface area contributed by atoms with E-state index in [4.69, 9.17) is 11.6 Å². The highest BCUT2D eigenvalue weighted by molar-refractivity contribution is 6.33. The summed E-state index contributed by atoms with van der Waals surface area (Å²) in [7, 11) is 0. The van der Waals surface area contributed by atoms with Gasteiger partial charge in [-0.25, -0.2) is 4.39 Å². The molecule has 0 bridgehead atoms. The maximum atomic E-state index is 13.1. The lowest BCUT2D eigenvalue weighted by Crippen LogP contribution is -2.34. The van der Waals surface area contributed by atoms with Crippen LogP contribution in [0.5, 0.6) is 0 Å². The minimum absolute atomic E-state index is 0.155. The highest BCUT2D eigenvalue weighted by atomic mass is 35.5. The Morgan fingerprint density at radius 1 is 1.14 bits per heavy atom. The fourth-order valence-electron chi connectivity index (χ4n) is 2.60. The van der Waals surface area contributed by atoms with E-state index in [1.165, 1.54) is 29.3 Å². The van der Waals surface area contributed by atoms with E-state index in [1.807, 2.05) is 18.2 Å². The summed E-state index contributed by atoms with van der Waals surface area (Å²) in [4.78, 5) is 14.2. The fourth-order valence-corrected chi connectivity index (χ4v) is 2.85. The molecule has 0 unspecified atom stereocenters. The van der Waals surface area contributed by atoms with Crippen molar-refractivity contribution in [3.05, 3.63) is 76.6 Å². The van der Waals surface area contributed by atoms with Gasteiger partial charge in [0.05, 0.1) is 10.6 Å². The molecule has 0 saturated carbocycles. The maximum Gasteiger partial charge on any atom is 0.255 e. The van der Waals surface area contributed by atoms with Crippen LogP contribution in [0, 0.1) is 5.82 Å². The lowest BCUT2D eigenvalue weighted by Gasteiger charge is -2.27. The van der Waals surface area contributed by atoms with Crippen LogP contribution in [0.2, 0.25) is 5.02 Å². The molecule has 1 aliphatic rings. The number of carbonyl (C=O) groups excluding carboxylic acids is 1. The summed E-state index contributed by atoms with van der Waals surface area (Å²) >= 11 is 5.97. The summed E-state index contributed by atoms with van der Waals surface area (Å²) < 4.78 is 13.1. The second-order valence-electron chi connectivity index (χ2n) is 5.22. The van der Waals surface area contributed by atoms with Crippen LogP contribution in [-0.2, 0) is 0 Å². The van der Waals surface area contributed by atoms with Gasteiger partial charge < -0.3 is 4.90 Å². The summed E-state index contributed by atoms with van der Waals surface area (Å²) in [5.74, 6) is -0.597. The first-order valence-electron chi connectivity index (χ1n) is 7.14. The molecule has 0 fully saturated rings. The van der Waals surface area contributed by atoms with Gasteiger partial charge in [0.2, 0.25) is 0 Å². The molecule has 0 spiro atoms. The van der Waals surface area contributed by atoms with Gasteiger partial charge in [-0.15, -0.1) is 0 Å². The largest absolute Gasteiger partial charge is 0.335 e. The van der Waals surface area contributed by atoms with Gasteiger partial charge in [-0.3, -0.25) is 4.79 Å². The number of nitrogens with zero attached hydrogens (tertiary/aromatic N) is 1. The van der Waals surface area contributed by atoms with Crippen LogP contribution in [-0.4, -0.2) is 23.9 Å². The van der Waals surface area contributed by atoms with E-state index < -0.39 is 5.82 Å². The van der Waals surface area contributed by atoms with E-state index in [0.29, 0.717) is 18.7 Å². The molecule has 22 heavy (non-hydrogen) atoms. The van der Waals surface area contributed by atoms with Crippen molar-refractivity contribution in [1.29, 1.82) is 0 Å². The molecule has 2 aromatic rings. The molecule has 0 N–H and O–H groups in total. The Labute approximate surface area is 133 Å². The van der Waals surface area contributed by atoms with Crippen LogP contribution in [0.4, 0.5) is 4.39 Å². The molecular formula is C18H15ClFNO. The number of benzene rings is 2. The lowest BCUT2D eigenvalue weighted by atomic mass is 9.99. The highest BCUT2D eigenvalue weighted by Crippen LogP contribution is 2.25. The van der Waals surface area contributed by atoms with Gasteiger partial charge in [0.1, 0.15) is 5.82 Å². The minimum Gasteiger partial charge on any atom is -0.335 e. The van der Waals surface area contributed by atoms with Crippen molar-refractivity contribution in [2.24, 2.45) is 0 Å². The van der Waals surface area contributed by atoms with Crippen molar-refractivity contribution in [3.8, 4) is 0 Å². The van der Waals surface area contributed by atoms with Crippen molar-refractivity contribution in [2.75, 3.05) is 13.1 Å². The number of halogens is 2. The quantitative estimate of drug-likeness (QED) is 0.804. The van der Waals surface area contributed by atoms with Crippen LogP contribution in [0.25, 0.3) is 5.57 Å². The zero-order chi connectivity index (χ0) is 15.5.